The van der Waals surface area contributed by atoms with Crippen LogP contribution in [-0.2, 0) is 20.9 Å². The highest BCUT2D eigenvalue weighted by molar-refractivity contribution is 7.13. The second kappa shape index (κ2) is 11.2. The van der Waals surface area contributed by atoms with Gasteiger partial charge in [-0.25, -0.2) is 4.98 Å². The number of carbonyl (C=O) groups is 3. The Kier molecular flexibility index (Phi) is 8.34. The molecule has 2 amide bonds. The van der Waals surface area contributed by atoms with E-state index in [0.717, 1.165) is 25.7 Å². The number of rotatable bonds is 10. The average Bonchev–Trinajstić information content (AvgIpc) is 3.45. The number of amides is 2. The van der Waals surface area contributed by atoms with Gasteiger partial charge in [-0.3, -0.25) is 25.1 Å². The number of aromatic nitrogens is 1. The molecule has 11 heteroatoms. The van der Waals surface area contributed by atoms with Crippen LogP contribution >= 0.6 is 11.3 Å². The Morgan fingerprint density at radius 3 is 2.72 bits per heavy atom. The van der Waals surface area contributed by atoms with Gasteiger partial charge in [0.15, 0.2) is 0 Å². The van der Waals surface area contributed by atoms with E-state index in [1.54, 1.807) is 12.2 Å². The molecule has 1 saturated carbocycles. The molecular weight excluding hydrogens is 432 g/mol. The molecule has 1 aliphatic carbocycles. The summed E-state index contributed by atoms with van der Waals surface area (Å²) in [4.78, 5) is 43.3. The van der Waals surface area contributed by atoms with Crippen molar-refractivity contribution in [3.05, 3.63) is 28.2 Å². The Morgan fingerprint density at radius 2 is 2.06 bits per heavy atom. The van der Waals surface area contributed by atoms with Gasteiger partial charge in [0.25, 0.3) is 0 Å². The first-order chi connectivity index (χ1) is 15.3. The minimum Gasteiger partial charge on any atom is -0.480 e. The predicted octanol–water partition coefficient (Wildman–Crippen LogP) is 0.824. The zero-order valence-electron chi connectivity index (χ0n) is 17.9. The van der Waals surface area contributed by atoms with Gasteiger partial charge in [0.1, 0.15) is 16.9 Å². The number of carboxylic acids is 1. The standard InChI is InChI=1S/C21H30N6O4S/c22-19(23)16-10-25-17(32-16)11-26-20(30)15-7-4-8-27(15)21(31)14(24-12-18(28)29)9-13-5-2-1-3-6-13/h4,7,10,13-15,24H,1-3,5-6,8-9,11-12H2,(H3,22,23)(H,26,30)(H,28,29)/t14-,15+/m1/s1. The van der Waals surface area contributed by atoms with E-state index in [1.165, 1.54) is 28.9 Å². The highest BCUT2D eigenvalue weighted by Gasteiger charge is 2.35. The lowest BCUT2D eigenvalue weighted by Crippen LogP contribution is -2.53. The molecule has 1 aromatic heterocycles. The lowest BCUT2D eigenvalue weighted by atomic mass is 9.84. The third-order valence-electron chi connectivity index (χ3n) is 5.83. The first-order valence-corrected chi connectivity index (χ1v) is 11.7. The summed E-state index contributed by atoms with van der Waals surface area (Å²) >= 11 is 1.23. The van der Waals surface area contributed by atoms with Crippen LogP contribution in [0.3, 0.4) is 0 Å². The molecule has 2 atom stereocenters. The molecule has 0 aromatic carbocycles. The van der Waals surface area contributed by atoms with Crippen molar-refractivity contribution in [3.8, 4) is 0 Å². The Balaban J connectivity index is 1.61. The maximum absolute atomic E-state index is 13.3. The SMILES string of the molecule is N=C(N)c1cnc(CNC(=O)[C@@H]2C=CCN2C(=O)[C@@H](CC2CCCCC2)NCC(=O)O)s1. The van der Waals surface area contributed by atoms with Crippen LogP contribution in [0.25, 0.3) is 0 Å². The van der Waals surface area contributed by atoms with Crippen molar-refractivity contribution >= 4 is 35.0 Å². The summed E-state index contributed by atoms with van der Waals surface area (Å²) in [5.41, 5.74) is 5.44. The van der Waals surface area contributed by atoms with E-state index in [0.29, 0.717) is 28.8 Å². The zero-order valence-corrected chi connectivity index (χ0v) is 18.7. The first kappa shape index (κ1) is 23.9. The second-order valence-electron chi connectivity index (χ2n) is 8.18. The fraction of sp³-hybridized carbons (Fsp3) is 0.571. The number of nitrogens with one attached hydrogen (secondary N) is 3. The van der Waals surface area contributed by atoms with Crippen molar-refractivity contribution in [2.75, 3.05) is 13.1 Å². The number of nitrogen functional groups attached to an aromatic ring is 1. The molecule has 3 rings (SSSR count). The number of hydrogen-bond acceptors (Lipinski definition) is 7. The van der Waals surface area contributed by atoms with Crippen LogP contribution in [0, 0.1) is 11.3 Å². The van der Waals surface area contributed by atoms with Crippen LogP contribution in [0.2, 0.25) is 0 Å². The van der Waals surface area contributed by atoms with E-state index in [9.17, 15) is 14.4 Å². The number of thiazole rings is 1. The molecule has 0 radical (unpaired) electrons. The molecule has 10 nitrogen and oxygen atoms in total. The molecule has 2 heterocycles. The van der Waals surface area contributed by atoms with E-state index in [4.69, 9.17) is 16.2 Å². The summed E-state index contributed by atoms with van der Waals surface area (Å²) in [5.74, 6) is -1.30. The molecule has 0 unspecified atom stereocenters. The van der Waals surface area contributed by atoms with E-state index in [2.05, 4.69) is 15.6 Å². The molecule has 174 valence electrons. The average molecular weight is 463 g/mol. The van der Waals surface area contributed by atoms with Crippen molar-refractivity contribution in [2.24, 2.45) is 11.7 Å². The summed E-state index contributed by atoms with van der Waals surface area (Å²) in [7, 11) is 0. The molecule has 1 aliphatic heterocycles. The minimum absolute atomic E-state index is 0.0755. The zero-order chi connectivity index (χ0) is 23.1. The van der Waals surface area contributed by atoms with E-state index in [-0.39, 0.29) is 30.7 Å². The number of hydrogen-bond donors (Lipinski definition) is 5. The maximum atomic E-state index is 13.3. The van der Waals surface area contributed by atoms with Gasteiger partial charge in [-0.2, -0.15) is 0 Å². The normalized spacial score (nSPS) is 19.6. The number of amidine groups is 1. The number of carbonyl (C=O) groups excluding carboxylic acids is 2. The Hall–Kier alpha value is -2.79. The van der Waals surface area contributed by atoms with Crippen molar-refractivity contribution in [1.82, 2.24) is 20.5 Å². The summed E-state index contributed by atoms with van der Waals surface area (Å²) in [6.07, 6.45) is 11.1. The van der Waals surface area contributed by atoms with Crippen molar-refractivity contribution in [2.45, 2.75) is 57.2 Å². The highest BCUT2D eigenvalue weighted by Crippen LogP contribution is 2.28. The largest absolute Gasteiger partial charge is 0.480 e. The van der Waals surface area contributed by atoms with Crippen LogP contribution in [-0.4, -0.2) is 63.8 Å². The minimum atomic E-state index is -1.02. The molecular formula is C21H30N6O4S. The Labute approximate surface area is 190 Å². The summed E-state index contributed by atoms with van der Waals surface area (Å²) < 4.78 is 0. The first-order valence-electron chi connectivity index (χ1n) is 10.8. The summed E-state index contributed by atoms with van der Waals surface area (Å²) in [6, 6.07) is -1.39. The fourth-order valence-electron chi connectivity index (χ4n) is 4.20. The van der Waals surface area contributed by atoms with Gasteiger partial charge in [-0.15, -0.1) is 11.3 Å². The number of nitrogens with zero attached hydrogens (tertiary/aromatic N) is 2. The van der Waals surface area contributed by atoms with E-state index in [1.807, 2.05) is 0 Å². The molecule has 1 fully saturated rings. The fourth-order valence-corrected chi connectivity index (χ4v) is 4.92. The number of nitrogens with two attached hydrogens (primary N) is 1. The van der Waals surface area contributed by atoms with Crippen LogP contribution in [0.5, 0.6) is 0 Å². The Morgan fingerprint density at radius 1 is 1.31 bits per heavy atom. The van der Waals surface area contributed by atoms with Crippen molar-refractivity contribution < 1.29 is 19.5 Å². The molecule has 0 saturated heterocycles. The maximum Gasteiger partial charge on any atom is 0.317 e. The van der Waals surface area contributed by atoms with Crippen LogP contribution in [0.1, 0.15) is 48.4 Å². The van der Waals surface area contributed by atoms with E-state index >= 15 is 0 Å². The number of carboxylic acid groups (broad SMARTS) is 1. The van der Waals surface area contributed by atoms with Crippen LogP contribution in [0.4, 0.5) is 0 Å². The molecule has 0 spiro atoms. The molecule has 0 bridgehead atoms. The second-order valence-corrected chi connectivity index (χ2v) is 9.30. The van der Waals surface area contributed by atoms with Crippen molar-refractivity contribution in [3.63, 3.8) is 0 Å². The summed E-state index contributed by atoms with van der Waals surface area (Å²) in [6.45, 7) is 0.175. The summed E-state index contributed by atoms with van der Waals surface area (Å²) in [5, 5.41) is 22.8. The molecule has 1 aromatic rings. The van der Waals surface area contributed by atoms with Crippen LogP contribution < -0.4 is 16.4 Å². The topological polar surface area (TPSA) is 162 Å². The highest BCUT2D eigenvalue weighted by atomic mass is 32.1. The van der Waals surface area contributed by atoms with Crippen molar-refractivity contribution in [1.29, 1.82) is 5.41 Å². The number of aliphatic carboxylic acids is 1. The third-order valence-corrected chi connectivity index (χ3v) is 6.86. The van der Waals surface area contributed by atoms with Gasteiger partial charge in [0.05, 0.1) is 24.0 Å². The van der Waals surface area contributed by atoms with Gasteiger partial charge in [-0.1, -0.05) is 44.3 Å². The van der Waals surface area contributed by atoms with Gasteiger partial charge in [-0.05, 0) is 12.3 Å². The lowest BCUT2D eigenvalue weighted by Gasteiger charge is -2.31. The van der Waals surface area contributed by atoms with Crippen LogP contribution in [0.15, 0.2) is 18.3 Å². The van der Waals surface area contributed by atoms with Gasteiger partial charge >= 0.3 is 5.97 Å². The predicted molar refractivity (Wildman–Crippen MR) is 120 cm³/mol. The monoisotopic (exact) mass is 462 g/mol. The quantitative estimate of drug-likeness (QED) is 0.195. The van der Waals surface area contributed by atoms with E-state index < -0.39 is 18.1 Å². The molecule has 6 N–H and O–H groups in total. The molecule has 32 heavy (non-hydrogen) atoms. The lowest BCUT2D eigenvalue weighted by molar-refractivity contribution is -0.140. The third kappa shape index (κ3) is 6.36. The molecule has 2 aliphatic rings. The van der Waals surface area contributed by atoms with Gasteiger partial charge < -0.3 is 21.1 Å². The van der Waals surface area contributed by atoms with Gasteiger partial charge in [0, 0.05) is 12.7 Å². The Bertz CT molecular complexity index is 879. The smallest absolute Gasteiger partial charge is 0.317 e. The van der Waals surface area contributed by atoms with Gasteiger partial charge in [0.2, 0.25) is 11.8 Å².